The first-order chi connectivity index (χ1) is 16.0. The minimum atomic E-state index is -0.373. The minimum Gasteiger partial charge on any atom is -0.349 e. The first-order valence-corrected chi connectivity index (χ1v) is 12.2. The molecule has 2 heterocycles. The van der Waals surface area contributed by atoms with Crippen LogP contribution in [0, 0.1) is 12.7 Å². The number of amides is 2. The molecule has 3 aromatic rings. The first kappa shape index (κ1) is 21.8. The van der Waals surface area contributed by atoms with E-state index < -0.39 is 0 Å². The van der Waals surface area contributed by atoms with Gasteiger partial charge in [0.05, 0.1) is 11.2 Å². The van der Waals surface area contributed by atoms with Crippen molar-refractivity contribution in [3.63, 3.8) is 0 Å². The average Bonchev–Trinajstić information content (AvgIpc) is 3.39. The normalized spacial score (nSPS) is 17.2. The molecule has 1 aliphatic carbocycles. The molecule has 7 heteroatoms. The predicted molar refractivity (Wildman–Crippen MR) is 127 cm³/mol. The number of halogens is 1. The van der Waals surface area contributed by atoms with Crippen LogP contribution in [0.5, 0.6) is 0 Å². The SMILES string of the molecule is Cc1nc(-c2ccc(F)cc2)sc1C(=O)NCC1(N2Cc3ccccc3C2=O)CCCCC1. The van der Waals surface area contributed by atoms with Gasteiger partial charge in [-0.2, -0.15) is 0 Å². The molecule has 0 bridgehead atoms. The van der Waals surface area contributed by atoms with E-state index in [1.165, 1.54) is 23.5 Å². The smallest absolute Gasteiger partial charge is 0.263 e. The van der Waals surface area contributed by atoms with E-state index in [0.717, 1.165) is 48.8 Å². The molecule has 5 nitrogen and oxygen atoms in total. The fourth-order valence-corrected chi connectivity index (χ4v) is 6.03. The molecule has 1 aliphatic heterocycles. The van der Waals surface area contributed by atoms with Crippen molar-refractivity contribution < 1.29 is 14.0 Å². The van der Waals surface area contributed by atoms with Gasteiger partial charge < -0.3 is 10.2 Å². The number of thiazole rings is 1. The van der Waals surface area contributed by atoms with Gasteiger partial charge in [-0.1, -0.05) is 37.5 Å². The summed E-state index contributed by atoms with van der Waals surface area (Å²) < 4.78 is 13.3. The molecule has 2 aromatic carbocycles. The van der Waals surface area contributed by atoms with Crippen molar-refractivity contribution in [2.45, 2.75) is 51.1 Å². The third kappa shape index (κ3) is 4.06. The van der Waals surface area contributed by atoms with Crippen LogP contribution in [-0.4, -0.2) is 33.8 Å². The maximum absolute atomic E-state index is 13.3. The Morgan fingerprint density at radius 3 is 2.58 bits per heavy atom. The topological polar surface area (TPSA) is 62.3 Å². The van der Waals surface area contributed by atoms with E-state index in [2.05, 4.69) is 10.3 Å². The molecule has 0 saturated heterocycles. The third-order valence-corrected chi connectivity index (χ3v) is 8.06. The van der Waals surface area contributed by atoms with Gasteiger partial charge in [-0.3, -0.25) is 9.59 Å². The summed E-state index contributed by atoms with van der Waals surface area (Å²) in [6.45, 7) is 2.84. The molecule has 1 N–H and O–H groups in total. The lowest BCUT2D eigenvalue weighted by Crippen LogP contribution is -2.56. The fourth-order valence-electron chi connectivity index (χ4n) is 5.04. The summed E-state index contributed by atoms with van der Waals surface area (Å²) in [5.41, 5.74) is 2.89. The van der Waals surface area contributed by atoms with Crippen LogP contribution < -0.4 is 5.32 Å². The van der Waals surface area contributed by atoms with Crippen molar-refractivity contribution >= 4 is 23.2 Å². The summed E-state index contributed by atoms with van der Waals surface area (Å²) in [4.78, 5) is 33.5. The zero-order valence-corrected chi connectivity index (χ0v) is 19.4. The molecule has 1 aromatic heterocycles. The Balaban J connectivity index is 1.35. The molecule has 0 unspecified atom stereocenters. The minimum absolute atomic E-state index is 0.0642. The van der Waals surface area contributed by atoms with Crippen LogP contribution in [0.1, 0.15) is 63.4 Å². The third-order valence-electron chi connectivity index (χ3n) is 6.85. The second-order valence-corrected chi connectivity index (χ2v) is 9.96. The molecule has 5 rings (SSSR count). The maximum atomic E-state index is 13.3. The van der Waals surface area contributed by atoms with E-state index in [0.29, 0.717) is 28.7 Å². The van der Waals surface area contributed by atoms with Gasteiger partial charge in [0.1, 0.15) is 15.7 Å². The van der Waals surface area contributed by atoms with Gasteiger partial charge in [-0.25, -0.2) is 9.37 Å². The number of hydrogen-bond acceptors (Lipinski definition) is 4. The number of aromatic nitrogens is 1. The number of hydrogen-bond donors (Lipinski definition) is 1. The Hall–Kier alpha value is -3.06. The number of fused-ring (bicyclic) bond motifs is 1. The summed E-state index contributed by atoms with van der Waals surface area (Å²) in [5, 5.41) is 3.82. The number of carbonyl (C=O) groups excluding carboxylic acids is 2. The van der Waals surface area contributed by atoms with Gasteiger partial charge in [0.25, 0.3) is 11.8 Å². The lowest BCUT2D eigenvalue weighted by Gasteiger charge is -2.44. The summed E-state index contributed by atoms with van der Waals surface area (Å²) in [6.07, 6.45) is 5.01. The van der Waals surface area contributed by atoms with Crippen LogP contribution in [0.4, 0.5) is 4.39 Å². The number of aryl methyl sites for hydroxylation is 1. The quantitative estimate of drug-likeness (QED) is 0.555. The Kier molecular flexibility index (Phi) is 5.74. The van der Waals surface area contributed by atoms with E-state index in [1.807, 2.05) is 36.1 Å². The number of rotatable bonds is 5. The summed E-state index contributed by atoms with van der Waals surface area (Å²) in [5.74, 6) is -0.414. The van der Waals surface area contributed by atoms with Gasteiger partial charge in [0, 0.05) is 24.2 Å². The maximum Gasteiger partial charge on any atom is 0.263 e. The Bertz CT molecular complexity index is 1200. The molecule has 1 saturated carbocycles. The van der Waals surface area contributed by atoms with Crippen LogP contribution in [0.2, 0.25) is 0 Å². The van der Waals surface area contributed by atoms with Crippen LogP contribution in [0.3, 0.4) is 0 Å². The standard InChI is InChI=1S/C26H26FN3O2S/c1-17-22(33-24(29-17)18-9-11-20(27)12-10-18)23(31)28-16-26(13-5-2-6-14-26)30-15-19-7-3-4-8-21(19)25(30)32/h3-4,7-12H,2,5-6,13-16H2,1H3,(H,28,31). The number of carbonyl (C=O) groups is 2. The molecule has 0 radical (unpaired) electrons. The number of benzene rings is 2. The van der Waals surface area contributed by atoms with Crippen LogP contribution in [-0.2, 0) is 6.54 Å². The van der Waals surface area contributed by atoms with Gasteiger partial charge in [-0.05, 0) is 55.7 Å². The number of nitrogens with zero attached hydrogens (tertiary/aromatic N) is 2. The highest BCUT2D eigenvalue weighted by Gasteiger charge is 2.44. The molecular weight excluding hydrogens is 437 g/mol. The average molecular weight is 464 g/mol. The van der Waals surface area contributed by atoms with Gasteiger partial charge in [0.15, 0.2) is 0 Å². The fraction of sp³-hybridized carbons (Fsp3) is 0.346. The second kappa shape index (κ2) is 8.71. The Morgan fingerprint density at radius 2 is 1.85 bits per heavy atom. The monoisotopic (exact) mass is 463 g/mol. The lowest BCUT2D eigenvalue weighted by molar-refractivity contribution is 0.0344. The summed E-state index contributed by atoms with van der Waals surface area (Å²) in [7, 11) is 0. The highest BCUT2D eigenvalue weighted by molar-refractivity contribution is 7.17. The second-order valence-electron chi connectivity index (χ2n) is 8.96. The molecule has 0 atom stereocenters. The van der Waals surface area contributed by atoms with E-state index in [1.54, 1.807) is 12.1 Å². The zero-order valence-electron chi connectivity index (χ0n) is 18.6. The van der Waals surface area contributed by atoms with Gasteiger partial charge >= 0.3 is 0 Å². The van der Waals surface area contributed by atoms with E-state index >= 15 is 0 Å². The molecule has 170 valence electrons. The summed E-state index contributed by atoms with van der Waals surface area (Å²) in [6, 6.07) is 13.9. The Morgan fingerprint density at radius 1 is 1.12 bits per heavy atom. The van der Waals surface area contributed by atoms with Gasteiger partial charge in [-0.15, -0.1) is 11.3 Å². The lowest BCUT2D eigenvalue weighted by atomic mass is 9.80. The van der Waals surface area contributed by atoms with Gasteiger partial charge in [0.2, 0.25) is 0 Å². The highest BCUT2D eigenvalue weighted by Crippen LogP contribution is 2.39. The van der Waals surface area contributed by atoms with E-state index in [-0.39, 0.29) is 23.2 Å². The molecule has 2 amide bonds. The number of nitrogens with one attached hydrogen (secondary N) is 1. The molecule has 1 fully saturated rings. The van der Waals surface area contributed by atoms with E-state index in [4.69, 9.17) is 0 Å². The Labute approximate surface area is 196 Å². The summed E-state index contributed by atoms with van der Waals surface area (Å²) >= 11 is 1.31. The van der Waals surface area contributed by atoms with Crippen LogP contribution in [0.15, 0.2) is 48.5 Å². The molecule has 33 heavy (non-hydrogen) atoms. The zero-order chi connectivity index (χ0) is 23.0. The first-order valence-electron chi connectivity index (χ1n) is 11.4. The van der Waals surface area contributed by atoms with Crippen molar-refractivity contribution in [1.82, 2.24) is 15.2 Å². The van der Waals surface area contributed by atoms with Crippen molar-refractivity contribution in [3.05, 3.63) is 76.0 Å². The highest BCUT2D eigenvalue weighted by atomic mass is 32.1. The van der Waals surface area contributed by atoms with E-state index in [9.17, 15) is 14.0 Å². The van der Waals surface area contributed by atoms with Crippen molar-refractivity contribution in [3.8, 4) is 10.6 Å². The van der Waals surface area contributed by atoms with Crippen molar-refractivity contribution in [1.29, 1.82) is 0 Å². The van der Waals surface area contributed by atoms with Crippen LogP contribution in [0.25, 0.3) is 10.6 Å². The predicted octanol–water partition coefficient (Wildman–Crippen LogP) is 5.35. The van der Waals surface area contributed by atoms with Crippen molar-refractivity contribution in [2.24, 2.45) is 0 Å². The molecular formula is C26H26FN3O2S. The molecule has 2 aliphatic rings. The van der Waals surface area contributed by atoms with Crippen LogP contribution >= 0.6 is 11.3 Å². The molecule has 0 spiro atoms. The van der Waals surface area contributed by atoms with Crippen molar-refractivity contribution in [2.75, 3.05) is 6.54 Å². The largest absolute Gasteiger partial charge is 0.349 e.